The Morgan fingerprint density at radius 1 is 1.45 bits per heavy atom. The summed E-state index contributed by atoms with van der Waals surface area (Å²) in [5.74, 6) is -1.93. The zero-order valence-electron chi connectivity index (χ0n) is 11.0. The van der Waals surface area contributed by atoms with Crippen molar-refractivity contribution < 1.29 is 19.4 Å². The number of carbonyl (C=O) groups excluding carboxylic acids is 2. The van der Waals surface area contributed by atoms with Crippen LogP contribution in [0.3, 0.4) is 0 Å². The van der Waals surface area contributed by atoms with Gasteiger partial charge in [-0.25, -0.2) is 4.79 Å². The minimum Gasteiger partial charge on any atom is -0.875 e. The molecule has 0 aromatic heterocycles. The van der Waals surface area contributed by atoms with Crippen molar-refractivity contribution in [2.24, 2.45) is 0 Å². The molecule has 20 heavy (non-hydrogen) atoms. The van der Waals surface area contributed by atoms with Crippen molar-refractivity contribution in [2.45, 2.75) is 25.7 Å². The molecular formula is C15H14ClO4-. The topological polar surface area (TPSA) is 66.4 Å². The standard InChI is InChI=1S/C15H15ClO4/c1-2-20-15(19)14-11(7-9(17)8-13(14)18)10-5-3-4-6-12(10)16/h3-6,11,18H,2,7-8H2,1H3/p-1. The first-order valence-electron chi connectivity index (χ1n) is 6.37. The van der Waals surface area contributed by atoms with Gasteiger partial charge < -0.3 is 9.84 Å². The van der Waals surface area contributed by atoms with Gasteiger partial charge >= 0.3 is 5.97 Å². The van der Waals surface area contributed by atoms with Crippen LogP contribution >= 0.6 is 11.6 Å². The average Bonchev–Trinajstić information content (AvgIpc) is 2.38. The van der Waals surface area contributed by atoms with Crippen LogP contribution in [0.5, 0.6) is 0 Å². The molecule has 1 unspecified atom stereocenters. The molecule has 2 rings (SSSR count). The van der Waals surface area contributed by atoms with Crippen molar-refractivity contribution in [3.05, 3.63) is 46.2 Å². The fraction of sp³-hybridized carbons (Fsp3) is 0.333. The first-order chi connectivity index (χ1) is 9.54. The molecule has 1 aromatic carbocycles. The lowest BCUT2D eigenvalue weighted by molar-refractivity contribution is -0.308. The highest BCUT2D eigenvalue weighted by molar-refractivity contribution is 6.31. The summed E-state index contributed by atoms with van der Waals surface area (Å²) >= 11 is 6.11. The SMILES string of the molecule is CCOC(=O)C1=C([O-])CC(=O)CC1c1ccccc1Cl. The monoisotopic (exact) mass is 293 g/mol. The zero-order valence-corrected chi connectivity index (χ0v) is 11.8. The molecule has 0 heterocycles. The number of benzene rings is 1. The summed E-state index contributed by atoms with van der Waals surface area (Å²) in [6, 6.07) is 6.90. The molecule has 106 valence electrons. The average molecular weight is 294 g/mol. The van der Waals surface area contributed by atoms with Crippen molar-refractivity contribution >= 4 is 23.4 Å². The van der Waals surface area contributed by atoms with E-state index < -0.39 is 17.6 Å². The summed E-state index contributed by atoms with van der Waals surface area (Å²) in [5.41, 5.74) is 0.637. The number of hydrogen-bond acceptors (Lipinski definition) is 4. The van der Waals surface area contributed by atoms with Gasteiger partial charge in [0.1, 0.15) is 5.78 Å². The van der Waals surface area contributed by atoms with Gasteiger partial charge in [0.05, 0.1) is 6.61 Å². The number of hydrogen-bond donors (Lipinski definition) is 0. The van der Waals surface area contributed by atoms with Crippen LogP contribution in [-0.4, -0.2) is 18.4 Å². The Morgan fingerprint density at radius 2 is 2.15 bits per heavy atom. The van der Waals surface area contributed by atoms with Gasteiger partial charge in [0.25, 0.3) is 0 Å². The normalized spacial score (nSPS) is 19.1. The fourth-order valence-corrected chi connectivity index (χ4v) is 2.63. The smallest absolute Gasteiger partial charge is 0.333 e. The van der Waals surface area contributed by atoms with E-state index in [-0.39, 0.29) is 30.8 Å². The maximum Gasteiger partial charge on any atom is 0.333 e. The van der Waals surface area contributed by atoms with E-state index in [1.54, 1.807) is 31.2 Å². The largest absolute Gasteiger partial charge is 0.875 e. The summed E-state index contributed by atoms with van der Waals surface area (Å²) < 4.78 is 4.93. The summed E-state index contributed by atoms with van der Waals surface area (Å²) in [6.45, 7) is 1.85. The lowest BCUT2D eigenvalue weighted by Gasteiger charge is -2.30. The summed E-state index contributed by atoms with van der Waals surface area (Å²) in [7, 11) is 0. The van der Waals surface area contributed by atoms with E-state index >= 15 is 0 Å². The molecule has 1 atom stereocenters. The Balaban J connectivity index is 2.48. The molecule has 0 bridgehead atoms. The quantitative estimate of drug-likeness (QED) is 0.799. The molecule has 1 aliphatic rings. The van der Waals surface area contributed by atoms with Gasteiger partial charge in [-0.2, -0.15) is 0 Å². The van der Waals surface area contributed by atoms with Gasteiger partial charge in [0.2, 0.25) is 0 Å². The highest BCUT2D eigenvalue weighted by Crippen LogP contribution is 2.38. The molecular weight excluding hydrogens is 280 g/mol. The number of carbonyl (C=O) groups is 2. The lowest BCUT2D eigenvalue weighted by Crippen LogP contribution is -2.29. The second kappa shape index (κ2) is 6.09. The number of ketones is 1. The molecule has 0 N–H and O–H groups in total. The highest BCUT2D eigenvalue weighted by atomic mass is 35.5. The fourth-order valence-electron chi connectivity index (χ4n) is 2.36. The van der Waals surface area contributed by atoms with Crippen LogP contribution in [0.1, 0.15) is 31.2 Å². The summed E-state index contributed by atoms with van der Waals surface area (Å²) in [6.07, 6.45) is -0.140. The van der Waals surface area contributed by atoms with Gasteiger partial charge in [-0.15, -0.1) is 5.76 Å². The third-order valence-electron chi connectivity index (χ3n) is 3.21. The third-order valence-corrected chi connectivity index (χ3v) is 3.56. The van der Waals surface area contributed by atoms with Crippen LogP contribution < -0.4 is 5.11 Å². The van der Waals surface area contributed by atoms with E-state index in [1.807, 2.05) is 0 Å². The molecule has 0 spiro atoms. The molecule has 1 aliphatic carbocycles. The molecule has 0 radical (unpaired) electrons. The molecule has 1 aromatic rings. The number of rotatable bonds is 3. The zero-order chi connectivity index (χ0) is 14.7. The Labute approximate surface area is 122 Å². The maximum atomic E-state index is 12.0. The second-order valence-electron chi connectivity index (χ2n) is 4.55. The van der Waals surface area contributed by atoms with Gasteiger partial charge in [-0.05, 0) is 18.6 Å². The molecule has 0 fully saturated rings. The van der Waals surface area contributed by atoms with Gasteiger partial charge in [0, 0.05) is 29.4 Å². The first-order valence-corrected chi connectivity index (χ1v) is 6.75. The van der Waals surface area contributed by atoms with Crippen molar-refractivity contribution in [1.29, 1.82) is 0 Å². The van der Waals surface area contributed by atoms with Crippen LogP contribution in [0.15, 0.2) is 35.6 Å². The summed E-state index contributed by atoms with van der Waals surface area (Å²) in [4.78, 5) is 23.6. The Kier molecular flexibility index (Phi) is 4.45. The number of allylic oxidation sites excluding steroid dienone is 1. The van der Waals surface area contributed by atoms with E-state index in [4.69, 9.17) is 16.3 Å². The number of Topliss-reactive ketones (excluding diaryl/α,β-unsaturated/α-hetero) is 1. The second-order valence-corrected chi connectivity index (χ2v) is 4.96. The number of halogens is 1. The van der Waals surface area contributed by atoms with Crippen LogP contribution in [0, 0.1) is 0 Å². The first kappa shape index (κ1) is 14.6. The van der Waals surface area contributed by atoms with E-state index in [2.05, 4.69) is 0 Å². The van der Waals surface area contributed by atoms with Gasteiger partial charge in [0.15, 0.2) is 0 Å². The van der Waals surface area contributed by atoms with E-state index in [0.717, 1.165) is 0 Å². The van der Waals surface area contributed by atoms with Crippen molar-refractivity contribution in [3.8, 4) is 0 Å². The van der Waals surface area contributed by atoms with Gasteiger partial charge in [-0.1, -0.05) is 29.8 Å². The predicted molar refractivity (Wildman–Crippen MR) is 72.1 cm³/mol. The van der Waals surface area contributed by atoms with E-state index in [9.17, 15) is 14.7 Å². The molecule has 0 saturated carbocycles. The maximum absolute atomic E-state index is 12.0. The van der Waals surface area contributed by atoms with Crippen molar-refractivity contribution in [3.63, 3.8) is 0 Å². The summed E-state index contributed by atoms with van der Waals surface area (Å²) in [5, 5.41) is 12.4. The van der Waals surface area contributed by atoms with E-state index in [0.29, 0.717) is 10.6 Å². The Hall–Kier alpha value is -1.81. The molecule has 0 aliphatic heterocycles. The number of ether oxygens (including phenoxy) is 1. The van der Waals surface area contributed by atoms with Crippen molar-refractivity contribution in [1.82, 2.24) is 0 Å². The minimum atomic E-state index is -0.657. The highest BCUT2D eigenvalue weighted by Gasteiger charge is 2.31. The molecule has 0 saturated heterocycles. The van der Waals surface area contributed by atoms with Crippen LogP contribution in [0.2, 0.25) is 5.02 Å². The van der Waals surface area contributed by atoms with Gasteiger partial charge in [-0.3, -0.25) is 4.79 Å². The van der Waals surface area contributed by atoms with Crippen LogP contribution in [0.4, 0.5) is 0 Å². The lowest BCUT2D eigenvalue weighted by atomic mass is 9.81. The molecule has 4 nitrogen and oxygen atoms in total. The van der Waals surface area contributed by atoms with Crippen LogP contribution in [0.25, 0.3) is 0 Å². The molecule has 0 amide bonds. The van der Waals surface area contributed by atoms with Crippen molar-refractivity contribution in [2.75, 3.05) is 6.61 Å². The minimum absolute atomic E-state index is 0.0274. The third kappa shape index (κ3) is 2.85. The predicted octanol–water partition coefficient (Wildman–Crippen LogP) is 1.96. The molecule has 5 heteroatoms. The van der Waals surface area contributed by atoms with E-state index in [1.165, 1.54) is 0 Å². The Morgan fingerprint density at radius 3 is 2.80 bits per heavy atom. The van der Waals surface area contributed by atoms with Crippen LogP contribution in [-0.2, 0) is 14.3 Å². The number of esters is 1. The Bertz CT molecular complexity index is 577.